The maximum atomic E-state index is 14.4. The first-order valence-electron chi connectivity index (χ1n) is 12.8. The third-order valence-electron chi connectivity index (χ3n) is 7.92. The van der Waals surface area contributed by atoms with Gasteiger partial charge in [-0.2, -0.15) is 18.3 Å². The lowest BCUT2D eigenvalue weighted by atomic mass is 9.74. The number of carbonyl (C=O) groups excluding carboxylic acids is 2. The molecule has 2 aromatic heterocycles. The molecule has 0 saturated heterocycles. The van der Waals surface area contributed by atoms with E-state index in [1.165, 1.54) is 12.4 Å². The number of pyridine rings is 1. The van der Waals surface area contributed by atoms with Gasteiger partial charge in [-0.25, -0.2) is 0 Å². The van der Waals surface area contributed by atoms with Crippen molar-refractivity contribution >= 4 is 40.9 Å². The van der Waals surface area contributed by atoms with Crippen LogP contribution in [-0.4, -0.2) is 55.5 Å². The molecule has 2 aromatic rings. The van der Waals surface area contributed by atoms with E-state index in [2.05, 4.69) is 10.1 Å². The third-order valence-corrected chi connectivity index (χ3v) is 8.50. The molecule has 0 aromatic carbocycles. The molecule has 1 N–H and O–H groups in total. The molecule has 0 bridgehead atoms. The number of aromatic nitrogens is 3. The van der Waals surface area contributed by atoms with Gasteiger partial charge < -0.3 is 10.0 Å². The van der Waals surface area contributed by atoms with Crippen LogP contribution in [0.25, 0.3) is 0 Å². The van der Waals surface area contributed by atoms with Crippen LogP contribution in [-0.2, 0) is 11.0 Å². The predicted molar refractivity (Wildman–Crippen MR) is 137 cm³/mol. The monoisotopic (exact) mass is 588 g/mol. The molecule has 0 atom stereocenters. The quantitative estimate of drug-likeness (QED) is 0.361. The molecule has 2 aliphatic carbocycles. The molecular weight excluding hydrogens is 560 g/mol. The molecule has 2 heterocycles. The first-order chi connectivity index (χ1) is 18.3. The second kappa shape index (κ2) is 11.4. The van der Waals surface area contributed by atoms with Crippen molar-refractivity contribution in [3.63, 3.8) is 0 Å². The second-order valence-corrected chi connectivity index (χ2v) is 11.5. The fourth-order valence-electron chi connectivity index (χ4n) is 5.60. The van der Waals surface area contributed by atoms with Crippen molar-refractivity contribution in [1.29, 1.82) is 0 Å². The van der Waals surface area contributed by atoms with Crippen molar-refractivity contribution in [2.45, 2.75) is 70.5 Å². The summed E-state index contributed by atoms with van der Waals surface area (Å²) in [6.07, 6.45) is 2.63. The van der Waals surface area contributed by atoms with Gasteiger partial charge in [0.25, 0.3) is 5.91 Å². The highest BCUT2D eigenvalue weighted by molar-refractivity contribution is 6.39. The normalized spacial score (nSPS) is 22.2. The van der Waals surface area contributed by atoms with Crippen LogP contribution in [0, 0.1) is 11.3 Å². The van der Waals surface area contributed by atoms with Gasteiger partial charge >= 0.3 is 12.1 Å². The van der Waals surface area contributed by atoms with Crippen molar-refractivity contribution in [3.8, 4) is 0 Å². The number of Topliss-reactive ketones (excluding diaryl/α,β-unsaturated/α-hetero) is 1. The van der Waals surface area contributed by atoms with Gasteiger partial charge in [0, 0.05) is 18.9 Å². The number of amides is 1. The number of halogens is 5. The minimum Gasteiger partial charge on any atom is -0.481 e. The molecule has 13 heteroatoms. The number of rotatable bonds is 8. The van der Waals surface area contributed by atoms with Gasteiger partial charge in [0.2, 0.25) is 0 Å². The largest absolute Gasteiger partial charge is 0.481 e. The Bertz CT molecular complexity index is 1230. The van der Waals surface area contributed by atoms with Crippen molar-refractivity contribution in [2.75, 3.05) is 13.1 Å². The average Bonchev–Trinajstić information content (AvgIpc) is 3.53. The molecule has 0 unspecified atom stereocenters. The maximum absolute atomic E-state index is 14.4. The Kier molecular flexibility index (Phi) is 8.61. The number of aliphatic carboxylic acids is 1. The van der Waals surface area contributed by atoms with Crippen LogP contribution in [0.1, 0.15) is 90.7 Å². The van der Waals surface area contributed by atoms with Crippen LogP contribution in [0.4, 0.5) is 13.2 Å². The molecule has 1 amide bonds. The summed E-state index contributed by atoms with van der Waals surface area (Å²) in [6.45, 7) is 1.17. The number of hydrogen-bond donors (Lipinski definition) is 1. The van der Waals surface area contributed by atoms with E-state index >= 15 is 0 Å². The van der Waals surface area contributed by atoms with Crippen molar-refractivity contribution in [1.82, 2.24) is 19.7 Å². The van der Waals surface area contributed by atoms with Crippen LogP contribution in [0.5, 0.6) is 0 Å². The average molecular weight is 589 g/mol. The SMILES string of the molecule is CC1(C(=O)O)CCC(n2ncc(C(=O)N(CC(=O)c3c(Cl)cncc3Cl)CC3CCCC3)c2C(F)(F)F)CC1. The minimum absolute atomic E-state index is 0.0183. The van der Waals surface area contributed by atoms with Crippen molar-refractivity contribution in [3.05, 3.63) is 45.5 Å². The molecule has 0 radical (unpaired) electrons. The van der Waals surface area contributed by atoms with Crippen LogP contribution < -0.4 is 0 Å². The van der Waals surface area contributed by atoms with Crippen LogP contribution in [0.3, 0.4) is 0 Å². The summed E-state index contributed by atoms with van der Waals surface area (Å²) in [6, 6.07) is -0.713. The Labute approximate surface area is 233 Å². The number of carboxylic acids is 1. The van der Waals surface area contributed by atoms with E-state index in [1.807, 2.05) is 0 Å². The molecule has 39 heavy (non-hydrogen) atoms. The number of alkyl halides is 3. The summed E-state index contributed by atoms with van der Waals surface area (Å²) in [7, 11) is 0. The Morgan fingerprint density at radius 2 is 1.67 bits per heavy atom. The summed E-state index contributed by atoms with van der Waals surface area (Å²) in [4.78, 5) is 43.4. The first kappa shape index (κ1) is 29.3. The second-order valence-electron chi connectivity index (χ2n) is 10.7. The number of hydrogen-bond acceptors (Lipinski definition) is 5. The lowest BCUT2D eigenvalue weighted by molar-refractivity contribution is -0.152. The van der Waals surface area contributed by atoms with Gasteiger partial charge in [-0.1, -0.05) is 36.0 Å². The van der Waals surface area contributed by atoms with Gasteiger partial charge in [-0.15, -0.1) is 0 Å². The van der Waals surface area contributed by atoms with E-state index in [0.717, 1.165) is 41.5 Å². The fourth-order valence-corrected chi connectivity index (χ4v) is 6.18. The van der Waals surface area contributed by atoms with Gasteiger partial charge in [0.05, 0.1) is 45.4 Å². The maximum Gasteiger partial charge on any atom is 0.433 e. The smallest absolute Gasteiger partial charge is 0.433 e. The highest BCUT2D eigenvalue weighted by Gasteiger charge is 2.45. The first-order valence-corrected chi connectivity index (χ1v) is 13.6. The molecule has 2 aliphatic rings. The van der Waals surface area contributed by atoms with E-state index in [-0.39, 0.29) is 53.8 Å². The summed E-state index contributed by atoms with van der Waals surface area (Å²) < 4.78 is 44.0. The lowest BCUT2D eigenvalue weighted by Gasteiger charge is -2.34. The van der Waals surface area contributed by atoms with Crippen molar-refractivity contribution < 1.29 is 32.7 Å². The van der Waals surface area contributed by atoms with E-state index in [0.29, 0.717) is 0 Å². The topological polar surface area (TPSA) is 105 Å². The van der Waals surface area contributed by atoms with Crippen molar-refractivity contribution in [2.24, 2.45) is 11.3 Å². The molecule has 4 rings (SSSR count). The van der Waals surface area contributed by atoms with Gasteiger partial charge in [-0.05, 0) is 51.4 Å². The molecule has 2 fully saturated rings. The van der Waals surface area contributed by atoms with Gasteiger partial charge in [0.1, 0.15) is 0 Å². The molecule has 212 valence electrons. The number of ketones is 1. The standard InChI is InChI=1S/C26H29Cl2F3N4O4/c1-25(24(38)39)8-6-16(7-9-25)35-22(26(29,30)31)17(10-33-35)23(37)34(13-15-4-2-3-5-15)14-20(36)21-18(27)11-32-12-19(21)28/h10-12,15-16H,2-9,13-14H2,1H3,(H,38,39). The highest BCUT2D eigenvalue weighted by atomic mass is 35.5. The summed E-state index contributed by atoms with van der Waals surface area (Å²) in [5, 5.41) is 13.4. The van der Waals surface area contributed by atoms with E-state index < -0.39 is 53.1 Å². The molecule has 0 spiro atoms. The number of carbonyl (C=O) groups is 3. The summed E-state index contributed by atoms with van der Waals surface area (Å²) in [5.74, 6) is -2.52. The molecule has 2 saturated carbocycles. The number of nitrogens with zero attached hydrogens (tertiary/aromatic N) is 4. The summed E-state index contributed by atoms with van der Waals surface area (Å²) in [5.41, 5.74) is -2.91. The number of carboxylic acid groups (broad SMARTS) is 1. The Hall–Kier alpha value is -2.66. The molecule has 0 aliphatic heterocycles. The zero-order valence-electron chi connectivity index (χ0n) is 21.3. The molecular formula is C26H29Cl2F3N4O4. The van der Waals surface area contributed by atoms with Crippen LogP contribution in [0.15, 0.2) is 18.6 Å². The van der Waals surface area contributed by atoms with Gasteiger partial charge in [-0.3, -0.25) is 24.0 Å². The fraction of sp³-hybridized carbons (Fsp3) is 0.577. The van der Waals surface area contributed by atoms with E-state index in [4.69, 9.17) is 23.2 Å². The summed E-state index contributed by atoms with van der Waals surface area (Å²) >= 11 is 12.2. The molecule has 8 nitrogen and oxygen atoms in total. The minimum atomic E-state index is -4.91. The third kappa shape index (κ3) is 6.24. The highest BCUT2D eigenvalue weighted by Crippen LogP contribution is 2.43. The van der Waals surface area contributed by atoms with Crippen LogP contribution in [0.2, 0.25) is 10.0 Å². The zero-order chi connectivity index (χ0) is 28.5. The van der Waals surface area contributed by atoms with Gasteiger partial charge in [0.15, 0.2) is 11.5 Å². The Balaban J connectivity index is 1.66. The van der Waals surface area contributed by atoms with E-state index in [1.54, 1.807) is 6.92 Å². The Morgan fingerprint density at radius 1 is 1.08 bits per heavy atom. The van der Waals surface area contributed by atoms with Crippen LogP contribution >= 0.6 is 23.2 Å². The Morgan fingerprint density at radius 3 is 2.21 bits per heavy atom. The zero-order valence-corrected chi connectivity index (χ0v) is 22.8. The lowest BCUT2D eigenvalue weighted by Crippen LogP contribution is -2.40. The van der Waals surface area contributed by atoms with E-state index in [9.17, 15) is 32.7 Å². The predicted octanol–water partition coefficient (Wildman–Crippen LogP) is 6.33.